The smallest absolute Gasteiger partial charge is 0.0639 e. The molecule has 0 saturated carbocycles. The first-order valence-corrected chi connectivity index (χ1v) is 8.16. The lowest BCUT2D eigenvalue weighted by atomic mass is 10.1. The van der Waals surface area contributed by atoms with Gasteiger partial charge < -0.3 is 10.2 Å². The molecule has 0 radical (unpaired) electrons. The molecule has 0 amide bonds. The van der Waals surface area contributed by atoms with Crippen LogP contribution in [0, 0.1) is 5.92 Å². The van der Waals surface area contributed by atoms with E-state index in [1.54, 1.807) is 0 Å². The van der Waals surface area contributed by atoms with Crippen LogP contribution in [0.1, 0.15) is 38.8 Å². The third-order valence-electron chi connectivity index (χ3n) is 4.21. The van der Waals surface area contributed by atoms with Crippen LogP contribution < -0.4 is 5.32 Å². The summed E-state index contributed by atoms with van der Waals surface area (Å²) in [6.07, 6.45) is 1.28. The van der Waals surface area contributed by atoms with E-state index >= 15 is 0 Å². The van der Waals surface area contributed by atoms with Crippen LogP contribution in [0.4, 0.5) is 0 Å². The van der Waals surface area contributed by atoms with E-state index in [4.69, 9.17) is 23.2 Å². The number of hydrogen-bond donors (Lipinski definition) is 1. The van der Waals surface area contributed by atoms with Crippen molar-refractivity contribution in [1.82, 2.24) is 10.2 Å². The highest BCUT2D eigenvalue weighted by Gasteiger charge is 2.24. The summed E-state index contributed by atoms with van der Waals surface area (Å²) < 4.78 is 0. The topological polar surface area (TPSA) is 15.3 Å². The fraction of sp³-hybridized carbons (Fsp3) is 0.625. The van der Waals surface area contributed by atoms with Crippen molar-refractivity contribution < 1.29 is 0 Å². The SMILES string of the molecule is CC(NCC1CCN(C(C)C)C1)c1cccc(Cl)c1Cl. The minimum absolute atomic E-state index is 0.231. The van der Waals surface area contributed by atoms with Crippen molar-refractivity contribution in [3.63, 3.8) is 0 Å². The van der Waals surface area contributed by atoms with Gasteiger partial charge in [-0.05, 0) is 57.8 Å². The molecule has 20 heavy (non-hydrogen) atoms. The molecule has 2 nitrogen and oxygen atoms in total. The molecule has 0 bridgehead atoms. The molecule has 1 aromatic rings. The molecule has 1 aliphatic heterocycles. The van der Waals surface area contributed by atoms with E-state index in [0.29, 0.717) is 16.1 Å². The van der Waals surface area contributed by atoms with Gasteiger partial charge in [0.1, 0.15) is 0 Å². The molecule has 1 saturated heterocycles. The summed E-state index contributed by atoms with van der Waals surface area (Å²) in [5, 5.41) is 4.90. The molecular weight excluding hydrogens is 291 g/mol. The van der Waals surface area contributed by atoms with Crippen LogP contribution in [0.5, 0.6) is 0 Å². The summed E-state index contributed by atoms with van der Waals surface area (Å²) in [6.45, 7) is 10.1. The van der Waals surface area contributed by atoms with Crippen LogP contribution in [0.25, 0.3) is 0 Å². The van der Waals surface area contributed by atoms with Gasteiger partial charge in [-0.2, -0.15) is 0 Å². The number of likely N-dealkylation sites (tertiary alicyclic amines) is 1. The van der Waals surface area contributed by atoms with Gasteiger partial charge in [-0.15, -0.1) is 0 Å². The minimum atomic E-state index is 0.231. The highest BCUT2D eigenvalue weighted by molar-refractivity contribution is 6.42. The summed E-state index contributed by atoms with van der Waals surface area (Å²) in [5.41, 5.74) is 1.08. The van der Waals surface area contributed by atoms with Crippen LogP contribution in [0.3, 0.4) is 0 Å². The number of benzene rings is 1. The van der Waals surface area contributed by atoms with Crippen molar-refractivity contribution in [2.75, 3.05) is 19.6 Å². The summed E-state index contributed by atoms with van der Waals surface area (Å²) in [5.74, 6) is 0.734. The molecule has 4 heteroatoms. The molecule has 2 rings (SSSR count). The lowest BCUT2D eigenvalue weighted by Gasteiger charge is -2.22. The van der Waals surface area contributed by atoms with E-state index in [0.717, 1.165) is 18.0 Å². The van der Waals surface area contributed by atoms with Gasteiger partial charge in [0.05, 0.1) is 10.0 Å². The average Bonchev–Trinajstić information content (AvgIpc) is 2.88. The lowest BCUT2D eigenvalue weighted by molar-refractivity contribution is 0.263. The van der Waals surface area contributed by atoms with Crippen molar-refractivity contribution in [1.29, 1.82) is 0 Å². The zero-order valence-electron chi connectivity index (χ0n) is 12.5. The van der Waals surface area contributed by atoms with E-state index in [1.165, 1.54) is 19.5 Å². The van der Waals surface area contributed by atoms with Gasteiger partial charge in [-0.1, -0.05) is 35.3 Å². The molecule has 1 N–H and O–H groups in total. The molecule has 2 atom stereocenters. The Bertz CT molecular complexity index is 448. The van der Waals surface area contributed by atoms with Gasteiger partial charge in [0.2, 0.25) is 0 Å². The van der Waals surface area contributed by atoms with Gasteiger partial charge in [0.25, 0.3) is 0 Å². The second-order valence-corrected chi connectivity index (χ2v) is 6.80. The van der Waals surface area contributed by atoms with Crippen molar-refractivity contribution in [3.05, 3.63) is 33.8 Å². The molecule has 1 fully saturated rings. The second kappa shape index (κ2) is 7.13. The molecule has 2 unspecified atom stereocenters. The van der Waals surface area contributed by atoms with Crippen LogP contribution in [-0.4, -0.2) is 30.6 Å². The first-order valence-electron chi connectivity index (χ1n) is 7.40. The summed E-state index contributed by atoms with van der Waals surface area (Å²) in [6, 6.07) is 6.71. The summed E-state index contributed by atoms with van der Waals surface area (Å²) in [7, 11) is 0. The van der Waals surface area contributed by atoms with E-state index in [-0.39, 0.29) is 6.04 Å². The predicted octanol–water partition coefficient (Wildman–Crippen LogP) is 4.37. The Balaban J connectivity index is 1.87. The van der Waals surface area contributed by atoms with Gasteiger partial charge in [0, 0.05) is 18.6 Å². The Morgan fingerprint density at radius 2 is 2.05 bits per heavy atom. The molecular formula is C16H24Cl2N2. The largest absolute Gasteiger partial charge is 0.310 e. The summed E-state index contributed by atoms with van der Waals surface area (Å²) >= 11 is 12.3. The van der Waals surface area contributed by atoms with Crippen molar-refractivity contribution in [2.45, 2.75) is 39.3 Å². The summed E-state index contributed by atoms with van der Waals surface area (Å²) in [4.78, 5) is 2.55. The highest BCUT2D eigenvalue weighted by atomic mass is 35.5. The average molecular weight is 315 g/mol. The third kappa shape index (κ3) is 3.88. The molecule has 0 spiro atoms. The molecule has 0 aliphatic carbocycles. The van der Waals surface area contributed by atoms with Crippen LogP contribution in [0.2, 0.25) is 10.0 Å². The fourth-order valence-corrected chi connectivity index (χ4v) is 3.28. The Labute approximate surface area is 132 Å². The maximum atomic E-state index is 6.27. The van der Waals surface area contributed by atoms with Crippen LogP contribution in [-0.2, 0) is 0 Å². The van der Waals surface area contributed by atoms with E-state index < -0.39 is 0 Å². The molecule has 112 valence electrons. The first kappa shape index (κ1) is 16.1. The Morgan fingerprint density at radius 3 is 2.70 bits per heavy atom. The van der Waals surface area contributed by atoms with Crippen molar-refractivity contribution in [2.24, 2.45) is 5.92 Å². The highest BCUT2D eigenvalue weighted by Crippen LogP contribution is 2.30. The van der Waals surface area contributed by atoms with Crippen LogP contribution >= 0.6 is 23.2 Å². The Hall–Kier alpha value is -0.280. The Kier molecular flexibility index (Phi) is 5.74. The molecule has 1 aliphatic rings. The zero-order valence-corrected chi connectivity index (χ0v) is 14.0. The predicted molar refractivity (Wildman–Crippen MR) is 87.7 cm³/mol. The quantitative estimate of drug-likeness (QED) is 0.868. The maximum Gasteiger partial charge on any atom is 0.0639 e. The normalized spacial score (nSPS) is 21.6. The molecule has 1 aromatic carbocycles. The monoisotopic (exact) mass is 314 g/mol. The lowest BCUT2D eigenvalue weighted by Crippen LogP contribution is -2.31. The number of hydrogen-bond acceptors (Lipinski definition) is 2. The van der Waals surface area contributed by atoms with Crippen LogP contribution in [0.15, 0.2) is 18.2 Å². The molecule has 0 aromatic heterocycles. The van der Waals surface area contributed by atoms with Gasteiger partial charge >= 0.3 is 0 Å². The minimum Gasteiger partial charge on any atom is -0.310 e. The van der Waals surface area contributed by atoms with E-state index in [1.807, 2.05) is 18.2 Å². The van der Waals surface area contributed by atoms with Gasteiger partial charge in [-0.25, -0.2) is 0 Å². The number of nitrogens with one attached hydrogen (secondary N) is 1. The number of nitrogens with zero attached hydrogens (tertiary/aromatic N) is 1. The standard InChI is InChI=1S/C16H24Cl2N2/c1-11(2)20-8-7-13(10-20)9-19-12(3)14-5-4-6-15(17)16(14)18/h4-6,11-13,19H,7-10H2,1-3H3. The number of rotatable bonds is 5. The van der Waals surface area contributed by atoms with Crippen molar-refractivity contribution >= 4 is 23.2 Å². The van der Waals surface area contributed by atoms with Crippen molar-refractivity contribution in [3.8, 4) is 0 Å². The fourth-order valence-electron chi connectivity index (χ4n) is 2.81. The van der Waals surface area contributed by atoms with Gasteiger partial charge in [-0.3, -0.25) is 0 Å². The third-order valence-corrected chi connectivity index (χ3v) is 5.04. The maximum absolute atomic E-state index is 6.27. The number of halogens is 2. The van der Waals surface area contributed by atoms with Gasteiger partial charge in [0.15, 0.2) is 0 Å². The Morgan fingerprint density at radius 1 is 1.30 bits per heavy atom. The zero-order chi connectivity index (χ0) is 14.7. The van der Waals surface area contributed by atoms with E-state index in [9.17, 15) is 0 Å². The van der Waals surface area contributed by atoms with E-state index in [2.05, 4.69) is 31.0 Å². The second-order valence-electron chi connectivity index (χ2n) is 6.02. The first-order chi connectivity index (χ1) is 9.49. The molecule has 1 heterocycles.